The van der Waals surface area contributed by atoms with Gasteiger partial charge in [-0.3, -0.25) is 0 Å². The van der Waals surface area contributed by atoms with Crippen molar-refractivity contribution in [3.63, 3.8) is 0 Å². The summed E-state index contributed by atoms with van der Waals surface area (Å²) >= 11 is 0. The maximum absolute atomic E-state index is 5.54. The molecule has 1 aliphatic heterocycles. The third-order valence-corrected chi connectivity index (χ3v) is 3.55. The molecule has 0 amide bonds. The predicted molar refractivity (Wildman–Crippen MR) is 78.8 cm³/mol. The van der Waals surface area contributed by atoms with Gasteiger partial charge in [0.05, 0.1) is 12.3 Å². The van der Waals surface area contributed by atoms with Crippen LogP contribution in [0.2, 0.25) is 0 Å². The highest BCUT2D eigenvalue weighted by atomic mass is 16.5. The van der Waals surface area contributed by atoms with Gasteiger partial charge < -0.3 is 10.1 Å². The summed E-state index contributed by atoms with van der Waals surface area (Å²) in [5.41, 5.74) is 4.52. The van der Waals surface area contributed by atoms with Gasteiger partial charge in [-0.25, -0.2) is 9.97 Å². The molecule has 0 atom stereocenters. The molecule has 3 rings (SSSR count). The van der Waals surface area contributed by atoms with Gasteiger partial charge in [-0.05, 0) is 44.5 Å². The Bertz CT molecular complexity index is 625. The molecule has 0 unspecified atom stereocenters. The summed E-state index contributed by atoms with van der Waals surface area (Å²) in [5.74, 6) is 1.65. The number of aryl methyl sites for hydroxylation is 1. The lowest BCUT2D eigenvalue weighted by molar-refractivity contribution is 0.340. The van der Waals surface area contributed by atoms with Gasteiger partial charge in [-0.2, -0.15) is 0 Å². The molecule has 20 heavy (non-hydrogen) atoms. The molecule has 0 bridgehead atoms. The Morgan fingerprint density at radius 2 is 2.20 bits per heavy atom. The minimum Gasteiger partial charge on any atom is -0.494 e. The van der Waals surface area contributed by atoms with Crippen LogP contribution in [0.5, 0.6) is 5.75 Å². The van der Waals surface area contributed by atoms with Crippen molar-refractivity contribution in [2.75, 3.05) is 13.2 Å². The highest BCUT2D eigenvalue weighted by Crippen LogP contribution is 2.24. The summed E-state index contributed by atoms with van der Waals surface area (Å²) in [6, 6.07) is 7.97. The van der Waals surface area contributed by atoms with E-state index in [1.54, 1.807) is 0 Å². The molecule has 1 aromatic heterocycles. The van der Waals surface area contributed by atoms with Crippen molar-refractivity contribution >= 4 is 0 Å². The molecule has 0 saturated heterocycles. The first-order chi connectivity index (χ1) is 9.78. The average Bonchev–Trinajstić information content (AvgIpc) is 2.48. The fourth-order valence-corrected chi connectivity index (χ4v) is 2.57. The molecule has 0 saturated carbocycles. The van der Waals surface area contributed by atoms with Crippen LogP contribution >= 0.6 is 0 Å². The zero-order valence-electron chi connectivity index (χ0n) is 11.9. The normalized spacial score (nSPS) is 13.9. The van der Waals surface area contributed by atoms with Gasteiger partial charge in [-0.15, -0.1) is 0 Å². The van der Waals surface area contributed by atoms with Crippen LogP contribution in [0.1, 0.15) is 23.9 Å². The number of hydrogen-bond acceptors (Lipinski definition) is 4. The smallest absolute Gasteiger partial charge is 0.159 e. The standard InChI is InChI=1S/C16H19N3O/c1-3-20-13-6-4-5-12(9-13)16-18-11(2)14-7-8-17-10-15(14)19-16/h4-6,9,17H,3,7-8,10H2,1-2H3. The first-order valence-electron chi connectivity index (χ1n) is 7.08. The molecule has 4 heteroatoms. The maximum atomic E-state index is 5.54. The van der Waals surface area contributed by atoms with Crippen LogP contribution < -0.4 is 10.1 Å². The Kier molecular flexibility index (Phi) is 3.65. The minimum atomic E-state index is 0.664. The topological polar surface area (TPSA) is 47.0 Å². The monoisotopic (exact) mass is 269 g/mol. The van der Waals surface area contributed by atoms with E-state index in [4.69, 9.17) is 9.72 Å². The SMILES string of the molecule is CCOc1cccc(-c2nc(C)c3c(n2)CNCC3)c1. The number of hydrogen-bond donors (Lipinski definition) is 1. The lowest BCUT2D eigenvalue weighted by atomic mass is 10.0. The molecule has 4 nitrogen and oxygen atoms in total. The summed E-state index contributed by atoms with van der Waals surface area (Å²) in [4.78, 5) is 9.38. The van der Waals surface area contributed by atoms with Crippen molar-refractivity contribution in [1.29, 1.82) is 0 Å². The Labute approximate surface area is 119 Å². The van der Waals surface area contributed by atoms with Crippen LogP contribution in [0.3, 0.4) is 0 Å². The highest BCUT2D eigenvalue weighted by molar-refractivity contribution is 5.58. The number of nitrogens with one attached hydrogen (secondary N) is 1. The van der Waals surface area contributed by atoms with Crippen LogP contribution in [0.25, 0.3) is 11.4 Å². The molecule has 2 aromatic rings. The van der Waals surface area contributed by atoms with Gasteiger partial charge in [0.1, 0.15) is 5.75 Å². The first-order valence-corrected chi connectivity index (χ1v) is 7.08. The maximum Gasteiger partial charge on any atom is 0.159 e. The first kappa shape index (κ1) is 13.1. The van der Waals surface area contributed by atoms with E-state index in [2.05, 4.69) is 17.2 Å². The van der Waals surface area contributed by atoms with Crippen molar-refractivity contribution in [2.24, 2.45) is 0 Å². The molecule has 0 fully saturated rings. The lowest BCUT2D eigenvalue weighted by Gasteiger charge is -2.18. The largest absolute Gasteiger partial charge is 0.494 e. The average molecular weight is 269 g/mol. The van der Waals surface area contributed by atoms with E-state index in [9.17, 15) is 0 Å². The Balaban J connectivity index is 2.01. The Morgan fingerprint density at radius 1 is 1.30 bits per heavy atom. The van der Waals surface area contributed by atoms with Crippen LogP contribution in [0, 0.1) is 6.92 Å². The molecule has 0 aliphatic carbocycles. The van der Waals surface area contributed by atoms with E-state index < -0.39 is 0 Å². The molecule has 0 spiro atoms. The molecule has 104 valence electrons. The van der Waals surface area contributed by atoms with Crippen molar-refractivity contribution < 1.29 is 4.74 Å². The summed E-state index contributed by atoms with van der Waals surface area (Å²) in [6.07, 6.45) is 1.01. The zero-order chi connectivity index (χ0) is 13.9. The molecular formula is C16H19N3O. The molecule has 2 heterocycles. The quantitative estimate of drug-likeness (QED) is 0.930. The molecular weight excluding hydrogens is 250 g/mol. The number of aromatic nitrogens is 2. The van der Waals surface area contributed by atoms with E-state index >= 15 is 0 Å². The summed E-state index contributed by atoms with van der Waals surface area (Å²) in [7, 11) is 0. The van der Waals surface area contributed by atoms with Gasteiger partial charge in [0.25, 0.3) is 0 Å². The molecule has 1 N–H and O–H groups in total. The number of ether oxygens (including phenoxy) is 1. The number of nitrogens with zero attached hydrogens (tertiary/aromatic N) is 2. The van der Waals surface area contributed by atoms with E-state index in [0.717, 1.165) is 48.0 Å². The van der Waals surface area contributed by atoms with Crippen LogP contribution in [0.15, 0.2) is 24.3 Å². The Morgan fingerprint density at radius 3 is 3.05 bits per heavy atom. The van der Waals surface area contributed by atoms with Gasteiger partial charge in [-0.1, -0.05) is 12.1 Å². The second-order valence-electron chi connectivity index (χ2n) is 4.95. The Hall–Kier alpha value is -1.94. The van der Waals surface area contributed by atoms with Gasteiger partial charge in [0.15, 0.2) is 5.82 Å². The number of rotatable bonds is 3. The highest BCUT2D eigenvalue weighted by Gasteiger charge is 2.15. The van der Waals surface area contributed by atoms with E-state index in [1.807, 2.05) is 31.2 Å². The fourth-order valence-electron chi connectivity index (χ4n) is 2.57. The van der Waals surface area contributed by atoms with Crippen molar-refractivity contribution in [2.45, 2.75) is 26.8 Å². The van der Waals surface area contributed by atoms with Crippen LogP contribution in [-0.2, 0) is 13.0 Å². The van der Waals surface area contributed by atoms with Gasteiger partial charge >= 0.3 is 0 Å². The van der Waals surface area contributed by atoms with Crippen LogP contribution in [-0.4, -0.2) is 23.1 Å². The fraction of sp³-hybridized carbons (Fsp3) is 0.375. The molecule has 0 radical (unpaired) electrons. The number of fused-ring (bicyclic) bond motifs is 1. The summed E-state index contributed by atoms with van der Waals surface area (Å²) < 4.78 is 5.54. The van der Waals surface area contributed by atoms with Crippen molar-refractivity contribution in [1.82, 2.24) is 15.3 Å². The van der Waals surface area contributed by atoms with Crippen LogP contribution in [0.4, 0.5) is 0 Å². The van der Waals surface area contributed by atoms with E-state index in [0.29, 0.717) is 6.61 Å². The van der Waals surface area contributed by atoms with E-state index in [-0.39, 0.29) is 0 Å². The summed E-state index contributed by atoms with van der Waals surface area (Å²) in [5, 5.41) is 3.36. The molecule has 1 aliphatic rings. The van der Waals surface area contributed by atoms with Crippen molar-refractivity contribution in [3.05, 3.63) is 41.2 Å². The predicted octanol–water partition coefficient (Wildman–Crippen LogP) is 2.50. The summed E-state index contributed by atoms with van der Waals surface area (Å²) in [6.45, 7) is 6.56. The second-order valence-corrected chi connectivity index (χ2v) is 4.95. The molecule has 1 aromatic carbocycles. The lowest BCUT2D eigenvalue weighted by Crippen LogP contribution is -2.26. The van der Waals surface area contributed by atoms with Gasteiger partial charge in [0, 0.05) is 17.8 Å². The van der Waals surface area contributed by atoms with E-state index in [1.165, 1.54) is 5.56 Å². The minimum absolute atomic E-state index is 0.664. The zero-order valence-corrected chi connectivity index (χ0v) is 11.9. The van der Waals surface area contributed by atoms with Crippen molar-refractivity contribution in [3.8, 4) is 17.1 Å². The third kappa shape index (κ3) is 2.51. The van der Waals surface area contributed by atoms with Gasteiger partial charge in [0.2, 0.25) is 0 Å². The third-order valence-electron chi connectivity index (χ3n) is 3.55. The number of benzene rings is 1. The second kappa shape index (κ2) is 5.59.